The molecule has 2 atom stereocenters. The summed E-state index contributed by atoms with van der Waals surface area (Å²) >= 11 is 1.34. The van der Waals surface area contributed by atoms with E-state index in [2.05, 4.69) is 4.74 Å². The van der Waals surface area contributed by atoms with Crippen LogP contribution in [-0.4, -0.2) is 36.0 Å². The number of rotatable bonds is 6. The minimum absolute atomic E-state index is 0.0378. The molecular weight excluding hydrogens is 376 g/mol. The van der Waals surface area contributed by atoms with Gasteiger partial charge < -0.3 is 14.4 Å². The number of hydrogen-bond acceptors (Lipinski definition) is 5. The van der Waals surface area contributed by atoms with Crippen LogP contribution in [0.2, 0.25) is 0 Å². The summed E-state index contributed by atoms with van der Waals surface area (Å²) in [7, 11) is 0. The average molecular weight is 395 g/mol. The average Bonchev–Trinajstić information content (AvgIpc) is 3.33. The summed E-state index contributed by atoms with van der Waals surface area (Å²) in [5, 5.41) is 1.82. The fraction of sp³-hybridized carbons (Fsp3) is 0.368. The largest absolute Gasteiger partial charge is 0.456 e. The van der Waals surface area contributed by atoms with Gasteiger partial charge in [0.2, 0.25) is 0 Å². The van der Waals surface area contributed by atoms with Crippen molar-refractivity contribution in [1.82, 2.24) is 4.90 Å². The van der Waals surface area contributed by atoms with Crippen molar-refractivity contribution >= 4 is 23.2 Å². The fourth-order valence-corrected chi connectivity index (χ4v) is 3.72. The van der Waals surface area contributed by atoms with Crippen molar-refractivity contribution in [3.8, 4) is 5.75 Å². The van der Waals surface area contributed by atoms with E-state index >= 15 is 0 Å². The van der Waals surface area contributed by atoms with E-state index in [-0.39, 0.29) is 11.7 Å². The summed E-state index contributed by atoms with van der Waals surface area (Å²) < 4.78 is 34.2. The highest BCUT2D eigenvalue weighted by molar-refractivity contribution is 7.12. The zero-order chi connectivity index (χ0) is 19.4. The van der Waals surface area contributed by atoms with Crippen molar-refractivity contribution in [2.24, 2.45) is 0 Å². The van der Waals surface area contributed by atoms with Gasteiger partial charge in [0.1, 0.15) is 17.9 Å². The van der Waals surface area contributed by atoms with Crippen LogP contribution in [0.1, 0.15) is 41.1 Å². The second-order valence-corrected chi connectivity index (χ2v) is 7.11. The zero-order valence-electron chi connectivity index (χ0n) is 14.6. The molecule has 27 heavy (non-hydrogen) atoms. The van der Waals surface area contributed by atoms with Crippen molar-refractivity contribution in [3.63, 3.8) is 0 Å². The van der Waals surface area contributed by atoms with Crippen LogP contribution >= 0.6 is 11.3 Å². The molecule has 3 rings (SSSR count). The van der Waals surface area contributed by atoms with Gasteiger partial charge in [0, 0.05) is 6.54 Å². The molecule has 1 amide bonds. The van der Waals surface area contributed by atoms with Crippen molar-refractivity contribution in [2.75, 3.05) is 6.54 Å². The maximum Gasteiger partial charge on any atom is 0.387 e. The third-order valence-corrected chi connectivity index (χ3v) is 5.24. The van der Waals surface area contributed by atoms with E-state index in [4.69, 9.17) is 4.74 Å². The molecule has 1 aromatic carbocycles. The Balaban J connectivity index is 1.62. The molecule has 0 radical (unpaired) electrons. The molecule has 1 saturated heterocycles. The first-order valence-corrected chi connectivity index (χ1v) is 9.43. The van der Waals surface area contributed by atoms with E-state index in [1.165, 1.54) is 23.5 Å². The molecule has 5 nitrogen and oxygen atoms in total. The van der Waals surface area contributed by atoms with Gasteiger partial charge in [-0.2, -0.15) is 8.78 Å². The van der Waals surface area contributed by atoms with Crippen LogP contribution in [0.15, 0.2) is 41.8 Å². The minimum Gasteiger partial charge on any atom is -0.456 e. The van der Waals surface area contributed by atoms with Crippen LogP contribution in [0.4, 0.5) is 8.78 Å². The second-order valence-electron chi connectivity index (χ2n) is 6.16. The van der Waals surface area contributed by atoms with E-state index in [9.17, 15) is 18.4 Å². The number of carbonyl (C=O) groups is 2. The van der Waals surface area contributed by atoms with E-state index in [1.54, 1.807) is 36.1 Å². The number of nitrogens with zero attached hydrogens (tertiary/aromatic N) is 1. The van der Waals surface area contributed by atoms with E-state index in [0.29, 0.717) is 23.4 Å². The van der Waals surface area contributed by atoms with Crippen LogP contribution in [0.25, 0.3) is 0 Å². The Bertz CT molecular complexity index is 780. The molecule has 1 fully saturated rings. The Hall–Kier alpha value is -2.48. The van der Waals surface area contributed by atoms with Gasteiger partial charge in [-0.05, 0) is 48.9 Å². The third kappa shape index (κ3) is 4.63. The molecule has 0 N–H and O–H groups in total. The van der Waals surface area contributed by atoms with Gasteiger partial charge in [-0.3, -0.25) is 4.79 Å². The highest BCUT2D eigenvalue weighted by Crippen LogP contribution is 2.26. The zero-order valence-corrected chi connectivity index (χ0v) is 15.5. The number of halogens is 2. The Labute approximate surface area is 159 Å². The van der Waals surface area contributed by atoms with E-state index in [0.717, 1.165) is 6.42 Å². The maximum absolute atomic E-state index is 12.6. The Kier molecular flexibility index (Phi) is 6.05. The third-order valence-electron chi connectivity index (χ3n) is 4.39. The van der Waals surface area contributed by atoms with Gasteiger partial charge >= 0.3 is 12.6 Å². The Morgan fingerprint density at radius 1 is 1.22 bits per heavy atom. The molecule has 2 aromatic rings. The van der Waals surface area contributed by atoms with Crippen LogP contribution in [0, 0.1) is 0 Å². The molecule has 0 aliphatic carbocycles. The smallest absolute Gasteiger partial charge is 0.387 e. The highest BCUT2D eigenvalue weighted by atomic mass is 32.1. The lowest BCUT2D eigenvalue weighted by Crippen LogP contribution is -2.41. The molecular formula is C19H19F2NO4S. The molecule has 1 aliphatic heterocycles. The van der Waals surface area contributed by atoms with Crippen LogP contribution in [-0.2, 0) is 9.53 Å². The molecule has 0 bridgehead atoms. The topological polar surface area (TPSA) is 55.8 Å². The number of likely N-dealkylation sites (tertiary alicyclic amines) is 1. The minimum atomic E-state index is -2.89. The first-order chi connectivity index (χ1) is 13.0. The molecule has 1 unspecified atom stereocenters. The van der Waals surface area contributed by atoms with Crippen LogP contribution < -0.4 is 4.74 Å². The number of benzene rings is 1. The number of ether oxygens (including phenoxy) is 2. The molecule has 1 aromatic heterocycles. The van der Waals surface area contributed by atoms with Crippen LogP contribution in [0.3, 0.4) is 0 Å². The molecule has 1 aliphatic rings. The predicted molar refractivity (Wildman–Crippen MR) is 96.0 cm³/mol. The quantitative estimate of drug-likeness (QED) is 0.686. The number of amides is 1. The fourth-order valence-electron chi connectivity index (χ4n) is 3.04. The first kappa shape index (κ1) is 19.3. The summed E-state index contributed by atoms with van der Waals surface area (Å²) in [6.07, 6.45) is 0.728. The van der Waals surface area contributed by atoms with Gasteiger partial charge in [0.15, 0.2) is 0 Å². The monoisotopic (exact) mass is 395 g/mol. The van der Waals surface area contributed by atoms with Crippen molar-refractivity contribution in [1.29, 1.82) is 0 Å². The van der Waals surface area contributed by atoms with Crippen molar-refractivity contribution in [2.45, 2.75) is 38.5 Å². The van der Waals surface area contributed by atoms with Gasteiger partial charge in [-0.1, -0.05) is 18.2 Å². The lowest BCUT2D eigenvalue weighted by molar-refractivity contribution is -0.153. The number of carbonyl (C=O) groups excluding carboxylic acids is 2. The summed E-state index contributed by atoms with van der Waals surface area (Å²) in [5.74, 6) is -0.584. The summed E-state index contributed by atoms with van der Waals surface area (Å²) in [6.45, 7) is -0.674. The van der Waals surface area contributed by atoms with Gasteiger partial charge in [0.05, 0.1) is 4.88 Å². The summed E-state index contributed by atoms with van der Waals surface area (Å²) in [6, 6.07) is 8.85. The highest BCUT2D eigenvalue weighted by Gasteiger charge is 2.36. The summed E-state index contributed by atoms with van der Waals surface area (Å²) in [5.41, 5.74) is 0.652. The van der Waals surface area contributed by atoms with Gasteiger partial charge in [-0.25, -0.2) is 4.79 Å². The lowest BCUT2D eigenvalue weighted by Gasteiger charge is -2.24. The molecule has 0 spiro atoms. The number of alkyl halides is 2. The summed E-state index contributed by atoms with van der Waals surface area (Å²) in [4.78, 5) is 27.3. The maximum atomic E-state index is 12.6. The molecule has 144 valence electrons. The number of esters is 1. The van der Waals surface area contributed by atoms with Crippen molar-refractivity contribution < 1.29 is 27.8 Å². The Morgan fingerprint density at radius 2 is 1.96 bits per heavy atom. The first-order valence-electron chi connectivity index (χ1n) is 8.55. The lowest BCUT2D eigenvalue weighted by atomic mass is 10.1. The molecule has 8 heteroatoms. The SMILES string of the molecule is CC(OC(=O)[C@@H]1CCCN1C(=O)c1cccs1)c1ccc(OC(F)F)cc1. The second kappa shape index (κ2) is 8.47. The molecule has 2 heterocycles. The van der Waals surface area contributed by atoms with Gasteiger partial charge in [-0.15, -0.1) is 11.3 Å². The van der Waals surface area contributed by atoms with Crippen LogP contribution in [0.5, 0.6) is 5.75 Å². The normalized spacial score (nSPS) is 17.8. The number of thiophene rings is 1. The number of hydrogen-bond donors (Lipinski definition) is 0. The standard InChI is InChI=1S/C19H19F2NO4S/c1-12(13-6-8-14(9-7-13)26-19(20)21)25-18(24)15-4-2-10-22(15)17(23)16-5-3-11-27-16/h3,5-9,11-12,15,19H,2,4,10H2,1H3/t12?,15-/m0/s1. The van der Waals surface area contributed by atoms with E-state index < -0.39 is 24.7 Å². The van der Waals surface area contributed by atoms with Crippen molar-refractivity contribution in [3.05, 3.63) is 52.2 Å². The predicted octanol–water partition coefficient (Wildman–Crippen LogP) is 4.26. The van der Waals surface area contributed by atoms with Gasteiger partial charge in [0.25, 0.3) is 5.91 Å². The van der Waals surface area contributed by atoms with E-state index in [1.807, 2.05) is 5.38 Å². The Morgan fingerprint density at radius 3 is 2.59 bits per heavy atom. The molecule has 0 saturated carbocycles.